The Balaban J connectivity index is 1.42. The van der Waals surface area contributed by atoms with Gasteiger partial charge >= 0.3 is 0 Å². The molecule has 2 aliphatic heterocycles. The van der Waals surface area contributed by atoms with Crippen LogP contribution in [0.25, 0.3) is 21.1 Å². The quantitative estimate of drug-likeness (QED) is 0.431. The average molecular weight is 478 g/mol. The number of nitrogens with two attached hydrogens (primary N) is 1. The van der Waals surface area contributed by atoms with Crippen molar-refractivity contribution in [3.63, 3.8) is 0 Å². The Morgan fingerprint density at radius 3 is 2.85 bits per heavy atom. The van der Waals surface area contributed by atoms with Crippen molar-refractivity contribution in [3.8, 4) is 0 Å². The number of hydrogen-bond donors (Lipinski definition) is 1. The zero-order valence-corrected chi connectivity index (χ0v) is 19.8. The van der Waals surface area contributed by atoms with Crippen molar-refractivity contribution in [3.05, 3.63) is 57.8 Å². The van der Waals surface area contributed by atoms with E-state index >= 15 is 4.39 Å². The first kappa shape index (κ1) is 21.2. The predicted octanol–water partition coefficient (Wildman–Crippen LogP) is 5.12. The second-order valence-corrected chi connectivity index (χ2v) is 10.1. The van der Waals surface area contributed by atoms with Gasteiger partial charge in [-0.2, -0.15) is 0 Å². The summed E-state index contributed by atoms with van der Waals surface area (Å²) in [6.45, 7) is 5.47. The third-order valence-corrected chi connectivity index (χ3v) is 7.59. The fraction of sp³-hybridized carbons (Fsp3) is 0.320. The molecule has 0 unspecified atom stereocenters. The molecule has 2 aliphatic rings. The lowest BCUT2D eigenvalue weighted by Crippen LogP contribution is -2.51. The minimum Gasteiger partial charge on any atom is -0.383 e. The van der Waals surface area contributed by atoms with Crippen LogP contribution in [-0.4, -0.2) is 34.0 Å². The maximum atomic E-state index is 15.2. The number of anilines is 2. The highest BCUT2D eigenvalue weighted by molar-refractivity contribution is 7.18. The molecule has 1 atom stereocenters. The Hall–Kier alpha value is -3.30. The summed E-state index contributed by atoms with van der Waals surface area (Å²) in [6.07, 6.45) is 1.63. The molecule has 0 spiro atoms. The number of nitrogens with zero attached hydrogens (tertiary/aromatic N) is 4. The number of hydrogen-bond acceptors (Lipinski definition) is 7. The van der Waals surface area contributed by atoms with Gasteiger partial charge in [-0.3, -0.25) is 9.80 Å². The molecule has 0 bridgehead atoms. The molecule has 1 saturated heterocycles. The normalized spacial score (nSPS) is 18.1. The summed E-state index contributed by atoms with van der Waals surface area (Å²) in [5.74, 6) is -0.616. The van der Waals surface area contributed by atoms with E-state index in [0.29, 0.717) is 36.4 Å². The summed E-state index contributed by atoms with van der Waals surface area (Å²) >= 11 is 1.62. The van der Waals surface area contributed by atoms with E-state index in [1.165, 1.54) is 6.07 Å². The Bertz CT molecular complexity index is 1470. The van der Waals surface area contributed by atoms with Gasteiger partial charge in [0.2, 0.25) is 0 Å². The molecule has 2 N–H and O–H groups in total. The number of halogens is 1. The summed E-state index contributed by atoms with van der Waals surface area (Å²) in [7, 11) is 0. The van der Waals surface area contributed by atoms with Gasteiger partial charge in [0.25, 0.3) is 5.91 Å². The largest absolute Gasteiger partial charge is 0.383 e. The molecule has 4 heterocycles. The molecule has 2 aromatic carbocycles. The zero-order chi connectivity index (χ0) is 23.6. The number of fused-ring (bicyclic) bond motifs is 4. The molecule has 9 heteroatoms. The van der Waals surface area contributed by atoms with Crippen LogP contribution in [0.2, 0.25) is 0 Å². The van der Waals surface area contributed by atoms with E-state index in [2.05, 4.69) is 16.0 Å². The summed E-state index contributed by atoms with van der Waals surface area (Å²) in [6, 6.07) is 8.93. The molecule has 1 amide bonds. The van der Waals surface area contributed by atoms with Crippen LogP contribution in [-0.2, 0) is 11.3 Å². The van der Waals surface area contributed by atoms with Gasteiger partial charge in [-0.05, 0) is 56.5 Å². The molecule has 0 aliphatic carbocycles. The standard InChI is InChI=1S/C25H24FN5O2S/c1-13-23-18(12-33-13)16-10-17(19(26)11-21(16)29-24(23)27)25(32)31-8-4-3-7-30(31)15-5-6-20-22(9-15)34-14(2)28-20/h5-6,9-11,13H,3-4,7-8,12H2,1-2H3,(H2,27,29)/t13-/m1/s1. The molecule has 7 nitrogen and oxygen atoms in total. The van der Waals surface area contributed by atoms with Crippen LogP contribution < -0.4 is 10.7 Å². The van der Waals surface area contributed by atoms with E-state index in [4.69, 9.17) is 10.5 Å². The minimum absolute atomic E-state index is 0.0300. The Morgan fingerprint density at radius 2 is 2.00 bits per heavy atom. The van der Waals surface area contributed by atoms with Gasteiger partial charge in [0.15, 0.2) is 0 Å². The number of amides is 1. The first-order valence-electron chi connectivity index (χ1n) is 11.4. The monoisotopic (exact) mass is 477 g/mol. The lowest BCUT2D eigenvalue weighted by molar-refractivity contribution is 0.0699. The van der Waals surface area contributed by atoms with Crippen LogP contribution in [0, 0.1) is 12.7 Å². The highest BCUT2D eigenvalue weighted by Crippen LogP contribution is 2.39. The molecule has 0 radical (unpaired) electrons. The van der Waals surface area contributed by atoms with Crippen molar-refractivity contribution in [1.29, 1.82) is 0 Å². The Kier molecular flexibility index (Phi) is 4.93. The zero-order valence-electron chi connectivity index (χ0n) is 19.0. The summed E-state index contributed by atoms with van der Waals surface area (Å²) in [4.78, 5) is 22.6. The molecule has 6 rings (SSSR count). The van der Waals surface area contributed by atoms with Crippen molar-refractivity contribution < 1.29 is 13.9 Å². The fourth-order valence-corrected chi connectivity index (χ4v) is 5.88. The Labute approximate surface area is 199 Å². The third-order valence-electron chi connectivity index (χ3n) is 6.66. The van der Waals surface area contributed by atoms with Crippen molar-refractivity contribution in [2.75, 3.05) is 23.8 Å². The van der Waals surface area contributed by atoms with E-state index in [1.807, 2.05) is 31.0 Å². The highest BCUT2D eigenvalue weighted by atomic mass is 32.1. The first-order chi connectivity index (χ1) is 16.4. The van der Waals surface area contributed by atoms with Crippen molar-refractivity contribution in [2.24, 2.45) is 0 Å². The summed E-state index contributed by atoms with van der Waals surface area (Å²) < 4.78 is 22.1. The molecular weight excluding hydrogens is 453 g/mol. The number of ether oxygens (including phenoxy) is 1. The number of carbonyl (C=O) groups excluding carboxylic acids is 1. The Morgan fingerprint density at radius 1 is 1.18 bits per heavy atom. The number of carbonyl (C=O) groups is 1. The van der Waals surface area contributed by atoms with Gasteiger partial charge in [-0.25, -0.2) is 19.4 Å². The molecule has 4 aromatic rings. The number of benzene rings is 2. The SMILES string of the molecule is Cc1nc2ccc(N3CCCCN3C(=O)c3cc4c5c(c(N)nc4cc3F)[C@@H](C)OC5)cc2s1. The van der Waals surface area contributed by atoms with E-state index < -0.39 is 5.82 Å². The smallest absolute Gasteiger partial charge is 0.275 e. The number of nitrogen functional groups attached to an aromatic ring is 1. The number of hydrazine groups is 1. The number of pyridine rings is 1. The van der Waals surface area contributed by atoms with E-state index in [9.17, 15) is 4.79 Å². The van der Waals surface area contributed by atoms with Crippen LogP contribution in [0.1, 0.15) is 52.4 Å². The van der Waals surface area contributed by atoms with Crippen molar-refractivity contribution in [2.45, 2.75) is 39.4 Å². The van der Waals surface area contributed by atoms with Gasteiger partial charge < -0.3 is 10.5 Å². The first-order valence-corrected chi connectivity index (χ1v) is 12.2. The topological polar surface area (TPSA) is 84.6 Å². The molecule has 0 saturated carbocycles. The van der Waals surface area contributed by atoms with Crippen LogP contribution >= 0.6 is 11.3 Å². The van der Waals surface area contributed by atoms with Gasteiger partial charge in [0, 0.05) is 30.1 Å². The summed E-state index contributed by atoms with van der Waals surface area (Å²) in [5, 5.41) is 5.33. The number of rotatable bonds is 2. The van der Waals surface area contributed by atoms with Gasteiger partial charge in [-0.15, -0.1) is 11.3 Å². The lowest BCUT2D eigenvalue weighted by Gasteiger charge is -2.40. The third kappa shape index (κ3) is 3.30. The molecule has 174 valence electrons. The fourth-order valence-electron chi connectivity index (χ4n) is 5.02. The molecular formula is C25H24FN5O2S. The lowest BCUT2D eigenvalue weighted by atomic mass is 9.99. The number of thiazole rings is 1. The van der Waals surface area contributed by atoms with Crippen LogP contribution in [0.3, 0.4) is 0 Å². The van der Waals surface area contributed by atoms with Gasteiger partial charge in [0.05, 0.1) is 44.7 Å². The molecule has 2 aromatic heterocycles. The van der Waals surface area contributed by atoms with E-state index in [1.54, 1.807) is 22.4 Å². The maximum absolute atomic E-state index is 15.2. The average Bonchev–Trinajstić information content (AvgIpc) is 3.40. The van der Waals surface area contributed by atoms with Crippen molar-refractivity contribution >= 4 is 49.9 Å². The number of aromatic nitrogens is 2. The maximum Gasteiger partial charge on any atom is 0.275 e. The molecule has 34 heavy (non-hydrogen) atoms. The van der Waals surface area contributed by atoms with Crippen LogP contribution in [0.4, 0.5) is 15.9 Å². The van der Waals surface area contributed by atoms with Crippen molar-refractivity contribution in [1.82, 2.24) is 15.0 Å². The van der Waals surface area contributed by atoms with Gasteiger partial charge in [-0.1, -0.05) is 0 Å². The predicted molar refractivity (Wildman–Crippen MR) is 131 cm³/mol. The summed E-state index contributed by atoms with van der Waals surface area (Å²) in [5.41, 5.74) is 10.1. The van der Waals surface area contributed by atoms with Crippen LogP contribution in [0.15, 0.2) is 30.3 Å². The van der Waals surface area contributed by atoms with Crippen LogP contribution in [0.5, 0.6) is 0 Å². The second kappa shape index (κ2) is 7.89. The molecule has 1 fully saturated rings. The highest BCUT2D eigenvalue weighted by Gasteiger charge is 2.31. The van der Waals surface area contributed by atoms with E-state index in [0.717, 1.165) is 44.9 Å². The van der Waals surface area contributed by atoms with Gasteiger partial charge in [0.1, 0.15) is 11.6 Å². The number of aryl methyl sites for hydroxylation is 1. The van der Waals surface area contributed by atoms with E-state index in [-0.39, 0.29) is 17.6 Å². The minimum atomic E-state index is -0.602. The second-order valence-electron chi connectivity index (χ2n) is 8.84.